The molecule has 6 nitrogen and oxygen atoms in total. The fourth-order valence-corrected chi connectivity index (χ4v) is 11.0. The minimum absolute atomic E-state index is 0.0237. The highest BCUT2D eigenvalue weighted by atomic mass is 16.5. The lowest BCUT2D eigenvalue weighted by Crippen LogP contribution is -2.76. The zero-order chi connectivity index (χ0) is 19.6. The van der Waals surface area contributed by atoms with Crippen LogP contribution in [0.1, 0.15) is 39.5 Å². The minimum atomic E-state index is -1.20. The van der Waals surface area contributed by atoms with Gasteiger partial charge < -0.3 is 20.1 Å². The molecule has 0 aromatic rings. The molecule has 0 amide bonds. The van der Waals surface area contributed by atoms with Crippen LogP contribution < -0.4 is 0 Å². The van der Waals surface area contributed by atoms with Crippen LogP contribution in [0.5, 0.6) is 0 Å². The van der Waals surface area contributed by atoms with Crippen LogP contribution in [0.4, 0.5) is 0 Å². The molecule has 3 heterocycles. The van der Waals surface area contributed by atoms with Crippen molar-refractivity contribution in [3.63, 3.8) is 0 Å². The van der Waals surface area contributed by atoms with Crippen LogP contribution in [0.2, 0.25) is 0 Å². The Hall–Kier alpha value is -0.950. The fourth-order valence-electron chi connectivity index (χ4n) is 11.0. The second-order valence-electron chi connectivity index (χ2n) is 11.5. The van der Waals surface area contributed by atoms with Gasteiger partial charge in [0.25, 0.3) is 0 Å². The predicted molar refractivity (Wildman–Crippen MR) is 97.9 cm³/mol. The lowest BCUT2D eigenvalue weighted by atomic mass is 9.39. The van der Waals surface area contributed by atoms with Crippen LogP contribution in [0.3, 0.4) is 0 Å². The average Bonchev–Trinajstić information content (AvgIpc) is 2.97. The molecule has 6 aliphatic carbocycles. The first-order chi connectivity index (χ1) is 13.1. The number of aliphatic hydroxyl groups excluding tert-OH is 2. The number of fused-ring (bicyclic) bond motifs is 1. The summed E-state index contributed by atoms with van der Waals surface area (Å²) in [4.78, 5) is 14.3. The van der Waals surface area contributed by atoms with Crippen molar-refractivity contribution in [2.45, 2.75) is 75.5 Å². The summed E-state index contributed by atoms with van der Waals surface area (Å²) in [6, 6.07) is 0.245. The Labute approximate surface area is 164 Å². The summed E-state index contributed by atoms with van der Waals surface area (Å²) in [6.45, 7) is 8.85. The summed E-state index contributed by atoms with van der Waals surface area (Å²) in [7, 11) is 0. The molecular formula is C22H29NO5. The van der Waals surface area contributed by atoms with Crippen molar-refractivity contribution in [2.24, 2.45) is 34.0 Å². The summed E-state index contributed by atoms with van der Waals surface area (Å²) >= 11 is 0. The van der Waals surface area contributed by atoms with Crippen molar-refractivity contribution >= 4 is 5.97 Å². The van der Waals surface area contributed by atoms with E-state index in [2.05, 4.69) is 18.4 Å². The number of rotatable bonds is 1. The van der Waals surface area contributed by atoms with Crippen LogP contribution in [-0.4, -0.2) is 68.7 Å². The van der Waals surface area contributed by atoms with Crippen molar-refractivity contribution in [3.05, 3.63) is 12.2 Å². The van der Waals surface area contributed by atoms with E-state index in [1.807, 2.05) is 0 Å². The highest BCUT2D eigenvalue weighted by molar-refractivity contribution is 5.66. The van der Waals surface area contributed by atoms with E-state index < -0.39 is 29.1 Å². The van der Waals surface area contributed by atoms with Gasteiger partial charge in [0.05, 0.1) is 12.2 Å². The number of hydrogen-bond acceptors (Lipinski definition) is 6. The van der Waals surface area contributed by atoms with Crippen molar-refractivity contribution in [2.75, 3.05) is 6.54 Å². The monoisotopic (exact) mass is 387 g/mol. The summed E-state index contributed by atoms with van der Waals surface area (Å²) < 4.78 is 5.75. The second kappa shape index (κ2) is 4.25. The molecule has 28 heavy (non-hydrogen) atoms. The van der Waals surface area contributed by atoms with Crippen LogP contribution in [0, 0.1) is 34.0 Å². The predicted octanol–water partition coefficient (Wildman–Crippen LogP) is 0.450. The number of carbonyl (C=O) groups is 1. The number of carbonyl (C=O) groups excluding carboxylic acids is 1. The van der Waals surface area contributed by atoms with Gasteiger partial charge in [0, 0.05) is 48.2 Å². The third-order valence-electron chi connectivity index (χ3n) is 10.6. The third-order valence-corrected chi connectivity index (χ3v) is 10.6. The highest BCUT2D eigenvalue weighted by Gasteiger charge is 2.94. The van der Waals surface area contributed by atoms with E-state index in [-0.39, 0.29) is 34.9 Å². The van der Waals surface area contributed by atoms with E-state index >= 15 is 0 Å². The quantitative estimate of drug-likeness (QED) is 0.447. The maximum absolute atomic E-state index is 12.2. The molecule has 2 spiro atoms. The van der Waals surface area contributed by atoms with Crippen LogP contribution >= 0.6 is 0 Å². The average molecular weight is 387 g/mol. The molecule has 9 aliphatic rings. The van der Waals surface area contributed by atoms with E-state index in [9.17, 15) is 20.1 Å². The summed E-state index contributed by atoms with van der Waals surface area (Å²) in [5.41, 5.74) is -1.07. The number of ether oxygens (including phenoxy) is 1. The third kappa shape index (κ3) is 1.26. The number of piperidine rings is 2. The Bertz CT molecular complexity index is 860. The van der Waals surface area contributed by atoms with Gasteiger partial charge in [-0.25, -0.2) is 0 Å². The molecular weight excluding hydrogens is 358 g/mol. The van der Waals surface area contributed by atoms with Crippen molar-refractivity contribution in [3.8, 4) is 0 Å². The van der Waals surface area contributed by atoms with Gasteiger partial charge in [-0.2, -0.15) is 0 Å². The van der Waals surface area contributed by atoms with Crippen LogP contribution in [-0.2, 0) is 9.53 Å². The maximum atomic E-state index is 12.2. The van der Waals surface area contributed by atoms with Crippen molar-refractivity contribution in [1.29, 1.82) is 0 Å². The molecule has 3 N–H and O–H groups in total. The van der Waals surface area contributed by atoms with E-state index in [1.54, 1.807) is 0 Å². The Morgan fingerprint density at radius 3 is 2.71 bits per heavy atom. The van der Waals surface area contributed by atoms with Gasteiger partial charge >= 0.3 is 5.97 Å². The molecule has 6 heteroatoms. The standard InChI is InChI=1S/C22H29NO5/c1-9-4-20-7-12-15-19(3)5-11(28-10(2)24)6-21(15)16(20)14(25)13(9)17(26)22(20,27)18(21)23(12)8-19/h11-18,25-27H,1,4-8H2,2-3H3/t11-,12+,13-,14-,15-,16+,17-,18+,19+,20-,21-,22+/m1/s1. The number of nitrogens with zero attached hydrogens (tertiary/aromatic N) is 1. The molecule has 6 saturated carbocycles. The van der Waals surface area contributed by atoms with Gasteiger partial charge in [-0.05, 0) is 37.0 Å². The van der Waals surface area contributed by atoms with Gasteiger partial charge in [0.2, 0.25) is 0 Å². The summed E-state index contributed by atoms with van der Waals surface area (Å²) in [6.07, 6.45) is 1.27. The Kier molecular flexibility index (Phi) is 2.55. The van der Waals surface area contributed by atoms with E-state index in [0.717, 1.165) is 25.0 Å². The number of aliphatic hydroxyl groups is 3. The summed E-state index contributed by atoms with van der Waals surface area (Å²) in [5.74, 6) is -0.379. The van der Waals surface area contributed by atoms with Crippen LogP contribution in [0.15, 0.2) is 12.2 Å². The van der Waals surface area contributed by atoms with E-state index in [1.165, 1.54) is 6.92 Å². The second-order valence-corrected chi connectivity index (χ2v) is 11.5. The van der Waals surface area contributed by atoms with Gasteiger partial charge in [-0.3, -0.25) is 9.69 Å². The molecule has 9 rings (SSSR count). The van der Waals surface area contributed by atoms with Gasteiger partial charge in [-0.15, -0.1) is 0 Å². The normalized spacial score (nSPS) is 69.3. The lowest BCUT2D eigenvalue weighted by Gasteiger charge is -2.67. The summed E-state index contributed by atoms with van der Waals surface area (Å²) in [5, 5.41) is 35.1. The van der Waals surface area contributed by atoms with Gasteiger partial charge in [0.1, 0.15) is 11.7 Å². The number of esters is 1. The Balaban J connectivity index is 1.49. The molecule has 9 fully saturated rings. The molecule has 3 saturated heterocycles. The molecule has 9 bridgehead atoms. The smallest absolute Gasteiger partial charge is 0.302 e. The van der Waals surface area contributed by atoms with Crippen LogP contribution in [0.25, 0.3) is 0 Å². The first kappa shape index (κ1) is 16.8. The largest absolute Gasteiger partial charge is 0.463 e. The molecule has 152 valence electrons. The highest BCUT2D eigenvalue weighted by Crippen LogP contribution is 2.88. The molecule has 1 unspecified atom stereocenters. The Morgan fingerprint density at radius 2 is 2.00 bits per heavy atom. The van der Waals surface area contributed by atoms with E-state index in [4.69, 9.17) is 4.74 Å². The molecule has 3 aliphatic heterocycles. The first-order valence-corrected chi connectivity index (χ1v) is 10.8. The topological polar surface area (TPSA) is 90.2 Å². The SMILES string of the molecule is C=C1C[C@@]23C[C@H]4[C@@H]5[C@@]6(C)C[C@@H](OC(C)=O)C[C@]57[C@H]2[C@H](O)[C@@H]1[C@@H](O)[C@]3(O)[C@H]7N4C6. The lowest BCUT2D eigenvalue weighted by molar-refractivity contribution is -0.280. The van der Waals surface area contributed by atoms with Crippen molar-refractivity contribution < 1.29 is 24.9 Å². The molecule has 0 radical (unpaired) electrons. The number of hydrogen-bond donors (Lipinski definition) is 3. The molecule has 0 aromatic heterocycles. The molecule has 13 atom stereocenters. The first-order valence-electron chi connectivity index (χ1n) is 10.8. The molecule has 0 aromatic carbocycles. The fraction of sp³-hybridized carbons (Fsp3) is 0.864. The van der Waals surface area contributed by atoms with Crippen molar-refractivity contribution in [1.82, 2.24) is 4.90 Å². The maximum Gasteiger partial charge on any atom is 0.302 e. The van der Waals surface area contributed by atoms with Gasteiger partial charge in [-0.1, -0.05) is 19.1 Å². The zero-order valence-electron chi connectivity index (χ0n) is 16.5. The Morgan fingerprint density at radius 1 is 1.25 bits per heavy atom. The van der Waals surface area contributed by atoms with E-state index in [0.29, 0.717) is 24.8 Å². The minimum Gasteiger partial charge on any atom is -0.463 e. The zero-order valence-corrected chi connectivity index (χ0v) is 16.5. The van der Waals surface area contributed by atoms with Gasteiger partial charge in [0.15, 0.2) is 0 Å².